The van der Waals surface area contributed by atoms with Crippen LogP contribution in [0.25, 0.3) is 28.3 Å². The molecule has 0 saturated heterocycles. The molecule has 0 aliphatic heterocycles. The average molecular weight is 324 g/mol. The van der Waals surface area contributed by atoms with Gasteiger partial charge in [-0.3, -0.25) is 0 Å². The first-order valence-electron chi connectivity index (χ1n) is 9.24. The summed E-state index contributed by atoms with van der Waals surface area (Å²) in [6.45, 7) is 4.50. The van der Waals surface area contributed by atoms with Gasteiger partial charge in [-0.2, -0.15) is 0 Å². The Morgan fingerprint density at radius 3 is 2.28 bits per heavy atom. The molecule has 0 bridgehead atoms. The molecule has 0 radical (unpaired) electrons. The molecule has 1 aliphatic rings. The molecule has 0 heterocycles. The first-order chi connectivity index (χ1) is 12.3. The molecular weight excluding hydrogens is 300 g/mol. The van der Waals surface area contributed by atoms with Gasteiger partial charge in [0.15, 0.2) is 0 Å². The Kier molecular flexibility index (Phi) is 4.28. The summed E-state index contributed by atoms with van der Waals surface area (Å²) in [5.41, 5.74) is 11.2. The molecule has 0 N–H and O–H groups in total. The second-order valence-corrected chi connectivity index (χ2v) is 6.97. The molecule has 0 aromatic heterocycles. The molecule has 0 spiro atoms. The fraction of sp³-hybridized carbons (Fsp3) is 0.200. The summed E-state index contributed by atoms with van der Waals surface area (Å²) in [5, 5.41) is 0. The van der Waals surface area contributed by atoms with Crippen LogP contribution in [0.4, 0.5) is 0 Å². The van der Waals surface area contributed by atoms with Gasteiger partial charge in [-0.15, -0.1) is 0 Å². The fourth-order valence-corrected chi connectivity index (χ4v) is 4.00. The predicted octanol–water partition coefficient (Wildman–Crippen LogP) is 7.07. The van der Waals surface area contributed by atoms with Crippen LogP contribution in [-0.2, 0) is 6.42 Å². The van der Waals surface area contributed by atoms with Gasteiger partial charge < -0.3 is 0 Å². The highest BCUT2D eigenvalue weighted by molar-refractivity contribution is 5.91. The highest BCUT2D eigenvalue weighted by Gasteiger charge is 2.19. The molecular formula is C25H24. The summed E-state index contributed by atoms with van der Waals surface area (Å²) in [4.78, 5) is 0. The SMILES string of the molecule is CCCC1=Cc2c(ccc(C)c2-c2ccccc2-c2ccccc2)C1. The van der Waals surface area contributed by atoms with Crippen LogP contribution in [0, 0.1) is 6.92 Å². The topological polar surface area (TPSA) is 0 Å². The molecule has 124 valence electrons. The quantitative estimate of drug-likeness (QED) is 0.481. The van der Waals surface area contributed by atoms with Gasteiger partial charge in [0, 0.05) is 0 Å². The van der Waals surface area contributed by atoms with E-state index in [2.05, 4.69) is 86.7 Å². The molecule has 0 unspecified atom stereocenters. The maximum atomic E-state index is 2.45. The minimum Gasteiger partial charge on any atom is -0.0652 e. The van der Waals surface area contributed by atoms with E-state index in [0.717, 1.165) is 6.42 Å². The van der Waals surface area contributed by atoms with E-state index in [9.17, 15) is 0 Å². The van der Waals surface area contributed by atoms with Crippen LogP contribution in [0.3, 0.4) is 0 Å². The summed E-state index contributed by atoms with van der Waals surface area (Å²) in [6, 6.07) is 24.2. The van der Waals surface area contributed by atoms with Gasteiger partial charge in [0.25, 0.3) is 0 Å². The van der Waals surface area contributed by atoms with E-state index in [1.165, 1.54) is 51.8 Å². The molecule has 0 saturated carbocycles. The highest BCUT2D eigenvalue weighted by Crippen LogP contribution is 2.41. The Morgan fingerprint density at radius 2 is 1.52 bits per heavy atom. The van der Waals surface area contributed by atoms with Crippen molar-refractivity contribution in [1.82, 2.24) is 0 Å². The van der Waals surface area contributed by atoms with Crippen LogP contribution < -0.4 is 0 Å². The molecule has 0 nitrogen and oxygen atoms in total. The second kappa shape index (κ2) is 6.72. The van der Waals surface area contributed by atoms with Crippen LogP contribution in [0.1, 0.15) is 36.5 Å². The van der Waals surface area contributed by atoms with Crippen LogP contribution >= 0.6 is 0 Å². The number of hydrogen-bond acceptors (Lipinski definition) is 0. The van der Waals surface area contributed by atoms with Crippen LogP contribution in [0.2, 0.25) is 0 Å². The van der Waals surface area contributed by atoms with Gasteiger partial charge in [-0.1, -0.05) is 91.7 Å². The fourth-order valence-electron chi connectivity index (χ4n) is 4.00. The van der Waals surface area contributed by atoms with E-state index in [-0.39, 0.29) is 0 Å². The Balaban J connectivity index is 1.92. The highest BCUT2D eigenvalue weighted by atomic mass is 14.2. The summed E-state index contributed by atoms with van der Waals surface area (Å²) in [5.74, 6) is 0. The minimum atomic E-state index is 1.12. The number of rotatable bonds is 4. The van der Waals surface area contributed by atoms with Gasteiger partial charge in [0.1, 0.15) is 0 Å². The lowest BCUT2D eigenvalue weighted by atomic mass is 9.88. The number of allylic oxidation sites excluding steroid dienone is 1. The first kappa shape index (κ1) is 15.9. The molecule has 0 atom stereocenters. The van der Waals surface area contributed by atoms with Crippen molar-refractivity contribution < 1.29 is 0 Å². The van der Waals surface area contributed by atoms with E-state index in [4.69, 9.17) is 0 Å². The van der Waals surface area contributed by atoms with E-state index >= 15 is 0 Å². The van der Waals surface area contributed by atoms with Crippen molar-refractivity contribution in [3.8, 4) is 22.3 Å². The summed E-state index contributed by atoms with van der Waals surface area (Å²) >= 11 is 0. The van der Waals surface area contributed by atoms with E-state index in [1.54, 1.807) is 5.57 Å². The third kappa shape index (κ3) is 2.93. The number of benzene rings is 3. The van der Waals surface area contributed by atoms with E-state index in [0.29, 0.717) is 0 Å². The van der Waals surface area contributed by atoms with Gasteiger partial charge in [-0.25, -0.2) is 0 Å². The van der Waals surface area contributed by atoms with Crippen molar-refractivity contribution in [2.75, 3.05) is 0 Å². The zero-order valence-electron chi connectivity index (χ0n) is 15.0. The molecule has 0 amide bonds. The third-order valence-corrected chi connectivity index (χ3v) is 5.16. The van der Waals surface area contributed by atoms with E-state index < -0.39 is 0 Å². The lowest BCUT2D eigenvalue weighted by Gasteiger charge is -2.16. The Morgan fingerprint density at radius 1 is 0.800 bits per heavy atom. The van der Waals surface area contributed by atoms with Gasteiger partial charge in [0.05, 0.1) is 0 Å². The number of fused-ring (bicyclic) bond motifs is 1. The van der Waals surface area contributed by atoms with Crippen molar-refractivity contribution >= 4 is 6.08 Å². The summed E-state index contributed by atoms with van der Waals surface area (Å²) < 4.78 is 0. The molecule has 1 aliphatic carbocycles. The molecule has 4 rings (SSSR count). The number of aryl methyl sites for hydroxylation is 1. The lowest BCUT2D eigenvalue weighted by molar-refractivity contribution is 0.886. The molecule has 0 fully saturated rings. The standard InChI is InChI=1S/C25H24/c1-3-9-19-16-21-15-14-18(2)25(24(21)17-19)23-13-8-7-12-22(23)20-10-5-4-6-11-20/h4-8,10-15,17H,3,9,16H2,1-2H3. The molecule has 3 aromatic rings. The van der Waals surface area contributed by atoms with Gasteiger partial charge in [-0.05, 0) is 58.7 Å². The monoisotopic (exact) mass is 324 g/mol. The van der Waals surface area contributed by atoms with Crippen LogP contribution in [0.5, 0.6) is 0 Å². The Hall–Kier alpha value is -2.60. The molecule has 25 heavy (non-hydrogen) atoms. The van der Waals surface area contributed by atoms with Gasteiger partial charge >= 0.3 is 0 Å². The zero-order valence-corrected chi connectivity index (χ0v) is 15.0. The maximum Gasteiger partial charge on any atom is -0.00576 e. The summed E-state index contributed by atoms with van der Waals surface area (Å²) in [6.07, 6.45) is 5.98. The Bertz CT molecular complexity index is 930. The third-order valence-electron chi connectivity index (χ3n) is 5.16. The van der Waals surface area contributed by atoms with Crippen molar-refractivity contribution in [3.05, 3.63) is 89.0 Å². The lowest BCUT2D eigenvalue weighted by Crippen LogP contribution is -1.93. The zero-order chi connectivity index (χ0) is 17.2. The second-order valence-electron chi connectivity index (χ2n) is 6.97. The van der Waals surface area contributed by atoms with Crippen LogP contribution in [0.15, 0.2) is 72.3 Å². The summed E-state index contributed by atoms with van der Waals surface area (Å²) in [7, 11) is 0. The molecule has 0 heteroatoms. The smallest absolute Gasteiger partial charge is 0.00576 e. The normalized spacial score (nSPS) is 12.8. The first-order valence-corrected chi connectivity index (χ1v) is 9.24. The largest absolute Gasteiger partial charge is 0.0652 e. The Labute approximate surface area is 150 Å². The average Bonchev–Trinajstić information content (AvgIpc) is 3.05. The minimum absolute atomic E-state index is 1.12. The maximum absolute atomic E-state index is 2.45. The number of hydrogen-bond donors (Lipinski definition) is 0. The van der Waals surface area contributed by atoms with Crippen molar-refractivity contribution in [1.29, 1.82) is 0 Å². The van der Waals surface area contributed by atoms with Crippen molar-refractivity contribution in [3.63, 3.8) is 0 Å². The van der Waals surface area contributed by atoms with Crippen molar-refractivity contribution in [2.24, 2.45) is 0 Å². The predicted molar refractivity (Wildman–Crippen MR) is 109 cm³/mol. The van der Waals surface area contributed by atoms with E-state index in [1.807, 2.05) is 0 Å². The van der Waals surface area contributed by atoms with Crippen molar-refractivity contribution in [2.45, 2.75) is 33.1 Å². The van der Waals surface area contributed by atoms with Gasteiger partial charge in [0.2, 0.25) is 0 Å². The van der Waals surface area contributed by atoms with Crippen LogP contribution in [-0.4, -0.2) is 0 Å². The molecule has 3 aromatic carbocycles.